The van der Waals surface area contributed by atoms with Gasteiger partial charge in [0.2, 0.25) is 17.7 Å². The quantitative estimate of drug-likeness (QED) is 0.195. The smallest absolute Gasteiger partial charge is 0.237 e. The average molecular weight is 690 g/mol. The number of rotatable bonds is 10. The van der Waals surface area contributed by atoms with Crippen LogP contribution in [-0.4, -0.2) is 76.4 Å². The van der Waals surface area contributed by atoms with Crippen LogP contribution >= 0.6 is 23.2 Å². The van der Waals surface area contributed by atoms with Crippen molar-refractivity contribution in [3.8, 4) is 45.4 Å². The second kappa shape index (κ2) is 13.6. The molecule has 250 valence electrons. The van der Waals surface area contributed by atoms with Crippen molar-refractivity contribution in [2.45, 2.75) is 63.4 Å². The molecule has 4 atom stereocenters. The molecule has 4 unspecified atom stereocenters. The molecule has 1 aliphatic carbocycles. The first kappa shape index (κ1) is 32.7. The lowest BCUT2D eigenvalue weighted by Crippen LogP contribution is -2.57. The maximum absolute atomic E-state index is 11.6. The van der Waals surface area contributed by atoms with Gasteiger partial charge in [-0.3, -0.25) is 14.7 Å². The number of carbonyl (C=O) groups excluding carboxylic acids is 1. The topological polar surface area (TPSA) is 122 Å². The number of likely N-dealkylation sites (tertiary alicyclic amines) is 1. The Morgan fingerprint density at radius 1 is 0.958 bits per heavy atom. The fraction of sp³-hybridized carbons (Fsp3) is 0.389. The Morgan fingerprint density at radius 2 is 1.62 bits per heavy atom. The van der Waals surface area contributed by atoms with Crippen molar-refractivity contribution in [2.24, 2.45) is 0 Å². The minimum Gasteiger partial charge on any atom is -0.481 e. The number of hydrogen-bond acceptors (Lipinski definition) is 9. The Balaban J connectivity index is 1.17. The van der Waals surface area contributed by atoms with Gasteiger partial charge in [-0.1, -0.05) is 59.6 Å². The zero-order chi connectivity index (χ0) is 33.5. The molecule has 7 rings (SSSR count). The Kier molecular flexibility index (Phi) is 9.28. The molecule has 2 fully saturated rings. The van der Waals surface area contributed by atoms with E-state index in [0.717, 1.165) is 47.2 Å². The molecule has 12 heteroatoms. The van der Waals surface area contributed by atoms with Gasteiger partial charge in [0.1, 0.15) is 5.69 Å². The summed E-state index contributed by atoms with van der Waals surface area (Å²) in [6.45, 7) is 3.82. The predicted molar refractivity (Wildman–Crippen MR) is 185 cm³/mol. The number of pyridine rings is 1. The van der Waals surface area contributed by atoms with Crippen molar-refractivity contribution in [1.82, 2.24) is 30.5 Å². The monoisotopic (exact) mass is 688 g/mol. The molecule has 0 saturated carbocycles. The first-order chi connectivity index (χ1) is 23.2. The van der Waals surface area contributed by atoms with Gasteiger partial charge in [-0.25, -0.2) is 9.97 Å². The minimum absolute atomic E-state index is 0.0582. The van der Waals surface area contributed by atoms with Crippen LogP contribution < -0.4 is 20.1 Å². The summed E-state index contributed by atoms with van der Waals surface area (Å²) in [4.78, 5) is 28.1. The van der Waals surface area contributed by atoms with Crippen molar-refractivity contribution in [3.63, 3.8) is 0 Å². The number of carbonyl (C=O) groups is 1. The number of β-amino-alcohol motifs (C(OH)–C–C–N with tert-alkyl or cyclic N) is 1. The summed E-state index contributed by atoms with van der Waals surface area (Å²) in [6.07, 6.45) is 4.60. The van der Waals surface area contributed by atoms with Gasteiger partial charge in [0.25, 0.3) is 0 Å². The first-order valence-electron chi connectivity index (χ1n) is 16.3. The predicted octanol–water partition coefficient (Wildman–Crippen LogP) is 5.62. The van der Waals surface area contributed by atoms with Crippen molar-refractivity contribution in [1.29, 1.82) is 0 Å². The van der Waals surface area contributed by atoms with Gasteiger partial charge in [0.15, 0.2) is 0 Å². The summed E-state index contributed by atoms with van der Waals surface area (Å²) in [6, 6.07) is 14.0. The summed E-state index contributed by atoms with van der Waals surface area (Å²) >= 11 is 14.2. The van der Waals surface area contributed by atoms with Crippen LogP contribution in [0.15, 0.2) is 48.7 Å². The Morgan fingerprint density at radius 3 is 2.25 bits per heavy atom. The SMILES string of the molecule is COc1nc(-c2cccc(-c3cccc(-c4cc5c(c(OC)n4)C(NCC4CCC(=O)N4)CC5)c3Cl)c2Cl)cnc1CN1CC(O)C1C. The van der Waals surface area contributed by atoms with E-state index in [0.29, 0.717) is 64.8 Å². The van der Waals surface area contributed by atoms with Crippen molar-refractivity contribution >= 4 is 29.1 Å². The lowest BCUT2D eigenvalue weighted by molar-refractivity contribution is -0.119. The van der Waals surface area contributed by atoms with E-state index in [-0.39, 0.29) is 30.1 Å². The highest BCUT2D eigenvalue weighted by Gasteiger charge is 2.35. The van der Waals surface area contributed by atoms with Crippen molar-refractivity contribution in [2.75, 3.05) is 27.3 Å². The molecule has 2 aliphatic heterocycles. The second-order valence-electron chi connectivity index (χ2n) is 12.7. The fourth-order valence-corrected chi connectivity index (χ4v) is 7.61. The third-order valence-electron chi connectivity index (χ3n) is 9.80. The van der Waals surface area contributed by atoms with Crippen LogP contribution in [0.25, 0.3) is 33.6 Å². The van der Waals surface area contributed by atoms with E-state index in [4.69, 9.17) is 42.6 Å². The van der Waals surface area contributed by atoms with Gasteiger partial charge >= 0.3 is 0 Å². The number of aryl methyl sites for hydroxylation is 1. The van der Waals surface area contributed by atoms with E-state index in [2.05, 4.69) is 26.6 Å². The number of nitrogens with zero attached hydrogens (tertiary/aromatic N) is 4. The molecule has 3 N–H and O–H groups in total. The summed E-state index contributed by atoms with van der Waals surface area (Å²) in [5.41, 5.74) is 7.23. The number of hydrogen-bond donors (Lipinski definition) is 3. The summed E-state index contributed by atoms with van der Waals surface area (Å²) in [5.74, 6) is 1.11. The van der Waals surface area contributed by atoms with Crippen LogP contribution in [0.1, 0.15) is 49.0 Å². The van der Waals surface area contributed by atoms with Gasteiger partial charge < -0.3 is 25.2 Å². The zero-order valence-corrected chi connectivity index (χ0v) is 28.6. The molecule has 0 radical (unpaired) electrons. The van der Waals surface area contributed by atoms with Crippen molar-refractivity contribution in [3.05, 3.63) is 75.5 Å². The molecule has 2 aromatic heterocycles. The molecule has 48 heavy (non-hydrogen) atoms. The molecule has 10 nitrogen and oxygen atoms in total. The summed E-state index contributed by atoms with van der Waals surface area (Å²) < 4.78 is 11.4. The molecule has 0 spiro atoms. The minimum atomic E-state index is -0.330. The summed E-state index contributed by atoms with van der Waals surface area (Å²) in [7, 11) is 3.22. The van der Waals surface area contributed by atoms with Gasteiger partial charge in [-0.05, 0) is 37.8 Å². The molecular formula is C36H38Cl2N6O4. The highest BCUT2D eigenvalue weighted by atomic mass is 35.5. The van der Waals surface area contributed by atoms with Gasteiger partial charge in [-0.15, -0.1) is 0 Å². The Hall–Kier alpha value is -3.80. The lowest BCUT2D eigenvalue weighted by Gasteiger charge is -2.43. The Labute approximate surface area is 289 Å². The van der Waals surface area contributed by atoms with Crippen molar-refractivity contribution < 1.29 is 19.4 Å². The van der Waals surface area contributed by atoms with Gasteiger partial charge in [0.05, 0.1) is 48.0 Å². The maximum Gasteiger partial charge on any atom is 0.237 e. The van der Waals surface area contributed by atoms with E-state index >= 15 is 0 Å². The van der Waals surface area contributed by atoms with E-state index in [1.54, 1.807) is 20.4 Å². The highest BCUT2D eigenvalue weighted by Crippen LogP contribution is 2.44. The molecule has 2 saturated heterocycles. The van der Waals surface area contributed by atoms with Gasteiger partial charge in [0, 0.05) is 72.0 Å². The standard InChI is InChI=1S/C36H38Cl2N6O4/c1-19-30(45)18-44(19)17-29-35(47-2)43-28(16-40-29)25-9-5-7-23(34(25)38)22-6-4-8-24(33(22)37)27-14-20-10-12-26(32(20)36(42-27)48-3)39-15-21-11-13-31(46)41-21/h4-9,14,16,19,21,26,30,39,45H,10-13,15,17-18H2,1-3H3,(H,41,46). The maximum atomic E-state index is 11.6. The third kappa shape index (κ3) is 6.12. The number of benzene rings is 2. The molecule has 4 heterocycles. The van der Waals surface area contributed by atoms with Crippen LogP contribution in [0, 0.1) is 0 Å². The number of halogens is 2. The number of aliphatic hydroxyl groups is 1. The normalized spacial score (nSPS) is 21.9. The van der Waals surface area contributed by atoms with Crippen LogP contribution in [0.5, 0.6) is 11.8 Å². The number of methoxy groups -OCH3 is 2. The van der Waals surface area contributed by atoms with Gasteiger partial charge in [-0.2, -0.15) is 0 Å². The third-order valence-corrected chi connectivity index (χ3v) is 10.6. The number of aliphatic hydroxyl groups excluding tert-OH is 1. The molecular weight excluding hydrogens is 651 g/mol. The number of nitrogens with one attached hydrogen (secondary N) is 2. The number of fused-ring (bicyclic) bond motifs is 1. The van der Waals surface area contributed by atoms with E-state index in [1.165, 1.54) is 5.56 Å². The highest BCUT2D eigenvalue weighted by molar-refractivity contribution is 6.39. The van der Waals surface area contributed by atoms with Crippen LogP contribution in [0.2, 0.25) is 10.0 Å². The second-order valence-corrected chi connectivity index (χ2v) is 13.4. The number of amides is 1. The largest absolute Gasteiger partial charge is 0.481 e. The fourth-order valence-electron chi connectivity index (χ4n) is 6.96. The molecule has 1 amide bonds. The number of aromatic nitrogens is 3. The van der Waals surface area contributed by atoms with Crippen LogP contribution in [0.3, 0.4) is 0 Å². The molecule has 4 aromatic rings. The van der Waals surface area contributed by atoms with E-state index in [9.17, 15) is 9.90 Å². The molecule has 2 aromatic carbocycles. The molecule has 0 bridgehead atoms. The van der Waals surface area contributed by atoms with E-state index in [1.807, 2.05) is 43.3 Å². The Bertz CT molecular complexity index is 1870. The van der Waals surface area contributed by atoms with Crippen LogP contribution in [-0.2, 0) is 17.8 Å². The number of ether oxygens (including phenoxy) is 2. The van der Waals surface area contributed by atoms with Crippen LogP contribution in [0.4, 0.5) is 0 Å². The molecule has 3 aliphatic rings. The lowest BCUT2D eigenvalue weighted by atomic mass is 9.97. The van der Waals surface area contributed by atoms with E-state index < -0.39 is 0 Å². The average Bonchev–Trinajstić information content (AvgIpc) is 3.72. The first-order valence-corrected chi connectivity index (χ1v) is 17.0. The zero-order valence-electron chi connectivity index (χ0n) is 27.1. The summed E-state index contributed by atoms with van der Waals surface area (Å²) in [5, 5.41) is 17.6.